The summed E-state index contributed by atoms with van der Waals surface area (Å²) in [6.07, 6.45) is 4.78. The fourth-order valence-corrected chi connectivity index (χ4v) is 4.02. The van der Waals surface area contributed by atoms with E-state index in [1.165, 1.54) is 21.8 Å². The van der Waals surface area contributed by atoms with Crippen molar-refractivity contribution >= 4 is 23.7 Å². The van der Waals surface area contributed by atoms with Crippen molar-refractivity contribution in [2.45, 2.75) is 64.5 Å². The number of aldehydes is 1. The minimum absolute atomic E-state index is 0.474. The zero-order chi connectivity index (χ0) is 16.5. The third kappa shape index (κ3) is 3.19. The van der Waals surface area contributed by atoms with Gasteiger partial charge in [-0.3, -0.25) is 4.90 Å². The lowest BCUT2D eigenvalue weighted by atomic mass is 9.86. The van der Waals surface area contributed by atoms with Gasteiger partial charge in [-0.25, -0.2) is 4.79 Å². The first-order chi connectivity index (χ1) is 10.2. The smallest absolute Gasteiger partial charge is 0.411 e. The lowest BCUT2D eigenvalue weighted by Gasteiger charge is -2.36. The minimum Gasteiger partial charge on any atom is -0.444 e. The van der Waals surface area contributed by atoms with Gasteiger partial charge in [0.05, 0.1) is 0 Å². The van der Waals surface area contributed by atoms with Gasteiger partial charge in [0.1, 0.15) is 17.4 Å². The van der Waals surface area contributed by atoms with Gasteiger partial charge in [0.15, 0.2) is 0 Å². The molecule has 0 N–H and O–H groups in total. The largest absolute Gasteiger partial charge is 0.444 e. The Morgan fingerprint density at radius 3 is 2.50 bits per heavy atom. The van der Waals surface area contributed by atoms with Gasteiger partial charge in [-0.2, -0.15) is 0 Å². The van der Waals surface area contributed by atoms with Crippen molar-refractivity contribution in [3.63, 3.8) is 0 Å². The van der Waals surface area contributed by atoms with Crippen molar-refractivity contribution in [3.8, 4) is 0 Å². The van der Waals surface area contributed by atoms with E-state index in [9.17, 15) is 9.59 Å². The SMILES string of the molecule is CN(C(=O)OC(C)(C)C)C(C)(C=O)c1csc2c1CCCC2. The molecule has 0 aliphatic heterocycles. The predicted octanol–water partition coefficient (Wildman–Crippen LogP) is 3.91. The van der Waals surface area contributed by atoms with Crippen LogP contribution in [-0.2, 0) is 27.9 Å². The summed E-state index contributed by atoms with van der Waals surface area (Å²) in [6.45, 7) is 7.26. The number of carbonyl (C=O) groups is 2. The first kappa shape index (κ1) is 17.0. The van der Waals surface area contributed by atoms with Crippen LogP contribution in [0.25, 0.3) is 0 Å². The van der Waals surface area contributed by atoms with E-state index in [1.807, 2.05) is 26.2 Å². The number of thiophene rings is 1. The summed E-state index contributed by atoms with van der Waals surface area (Å²) in [7, 11) is 1.63. The molecule has 0 aromatic carbocycles. The molecule has 0 spiro atoms. The number of hydrogen-bond acceptors (Lipinski definition) is 4. The normalized spacial score (nSPS) is 17.3. The fraction of sp³-hybridized carbons (Fsp3) is 0.647. The first-order valence-corrected chi connectivity index (χ1v) is 8.60. The van der Waals surface area contributed by atoms with Crippen LogP contribution < -0.4 is 0 Å². The Morgan fingerprint density at radius 1 is 1.27 bits per heavy atom. The van der Waals surface area contributed by atoms with Gasteiger partial charge in [0, 0.05) is 11.9 Å². The van der Waals surface area contributed by atoms with Crippen LogP contribution in [-0.4, -0.2) is 29.9 Å². The molecule has 1 unspecified atom stereocenters. The number of rotatable bonds is 3. The van der Waals surface area contributed by atoms with Crippen LogP contribution >= 0.6 is 11.3 Å². The van der Waals surface area contributed by atoms with E-state index >= 15 is 0 Å². The Hall–Kier alpha value is -1.36. The number of amides is 1. The van der Waals surface area contributed by atoms with Crippen LogP contribution in [0.2, 0.25) is 0 Å². The molecule has 0 saturated carbocycles. The standard InChI is InChI=1S/C17H25NO3S/c1-16(2,3)21-15(20)18(5)17(4,11-19)13-10-22-14-9-7-6-8-12(13)14/h10-11H,6-9H2,1-5H3. The second-order valence-electron chi connectivity index (χ2n) is 7.06. The average Bonchev–Trinajstić information content (AvgIpc) is 2.88. The van der Waals surface area contributed by atoms with Gasteiger partial charge in [-0.05, 0) is 69.9 Å². The monoisotopic (exact) mass is 323 g/mol. The molecule has 0 fully saturated rings. The van der Waals surface area contributed by atoms with E-state index in [4.69, 9.17) is 4.74 Å². The number of nitrogens with zero attached hydrogens (tertiary/aromatic N) is 1. The molecule has 1 aromatic rings. The number of carbonyl (C=O) groups excluding carboxylic acids is 2. The number of likely N-dealkylation sites (N-methyl/N-ethyl adjacent to an activating group) is 1. The quantitative estimate of drug-likeness (QED) is 0.792. The molecular weight excluding hydrogens is 298 g/mol. The Bertz CT molecular complexity index is 573. The Balaban J connectivity index is 2.34. The Labute approximate surface area is 136 Å². The summed E-state index contributed by atoms with van der Waals surface area (Å²) in [4.78, 5) is 27.0. The molecule has 122 valence electrons. The zero-order valence-corrected chi connectivity index (χ0v) is 14.9. The third-order valence-corrected chi connectivity index (χ3v) is 5.29. The van der Waals surface area contributed by atoms with Crippen LogP contribution in [0.5, 0.6) is 0 Å². The summed E-state index contributed by atoms with van der Waals surface area (Å²) in [5.74, 6) is 0. The van der Waals surface area contributed by atoms with Gasteiger partial charge in [0.25, 0.3) is 0 Å². The summed E-state index contributed by atoms with van der Waals surface area (Å²) < 4.78 is 5.42. The number of hydrogen-bond donors (Lipinski definition) is 0. The maximum atomic E-state index is 12.4. The third-order valence-electron chi connectivity index (χ3n) is 4.20. The molecule has 1 amide bonds. The van der Waals surface area contributed by atoms with Gasteiger partial charge in [0.2, 0.25) is 0 Å². The highest BCUT2D eigenvalue weighted by molar-refractivity contribution is 7.10. The summed E-state index contributed by atoms with van der Waals surface area (Å²) in [5.41, 5.74) is 0.643. The Kier molecular flexibility index (Phi) is 4.66. The molecule has 0 saturated heterocycles. The molecule has 1 aliphatic carbocycles. The average molecular weight is 323 g/mol. The van der Waals surface area contributed by atoms with Gasteiger partial charge in [-0.15, -0.1) is 11.3 Å². The lowest BCUT2D eigenvalue weighted by molar-refractivity contribution is -0.117. The lowest BCUT2D eigenvalue weighted by Crippen LogP contribution is -2.48. The highest BCUT2D eigenvalue weighted by Crippen LogP contribution is 2.38. The zero-order valence-electron chi connectivity index (χ0n) is 14.1. The van der Waals surface area contributed by atoms with Gasteiger partial charge < -0.3 is 9.53 Å². The molecule has 2 rings (SSSR count). The molecular formula is C17H25NO3S. The van der Waals surface area contributed by atoms with Crippen molar-refractivity contribution in [1.29, 1.82) is 0 Å². The molecule has 22 heavy (non-hydrogen) atoms. The predicted molar refractivity (Wildman–Crippen MR) is 88.4 cm³/mol. The van der Waals surface area contributed by atoms with E-state index in [0.717, 1.165) is 31.1 Å². The summed E-state index contributed by atoms with van der Waals surface area (Å²) in [5, 5.41) is 2.03. The van der Waals surface area contributed by atoms with Crippen molar-refractivity contribution in [3.05, 3.63) is 21.4 Å². The highest BCUT2D eigenvalue weighted by atomic mass is 32.1. The van der Waals surface area contributed by atoms with Gasteiger partial charge in [-0.1, -0.05) is 0 Å². The second kappa shape index (κ2) is 6.03. The van der Waals surface area contributed by atoms with Crippen LogP contribution in [0, 0.1) is 0 Å². The molecule has 0 bridgehead atoms. The molecule has 0 radical (unpaired) electrons. The number of aryl methyl sites for hydroxylation is 1. The van der Waals surface area contributed by atoms with Crippen molar-refractivity contribution in [1.82, 2.24) is 4.90 Å². The van der Waals surface area contributed by atoms with E-state index in [1.54, 1.807) is 25.3 Å². The summed E-state index contributed by atoms with van der Waals surface area (Å²) in [6, 6.07) is 0. The molecule has 1 atom stereocenters. The molecule has 1 heterocycles. The number of ether oxygens (including phenoxy) is 1. The van der Waals surface area contributed by atoms with Crippen LogP contribution in [0.3, 0.4) is 0 Å². The van der Waals surface area contributed by atoms with Crippen LogP contribution in [0.15, 0.2) is 5.38 Å². The minimum atomic E-state index is -0.982. The fourth-order valence-electron chi connectivity index (χ4n) is 2.76. The maximum absolute atomic E-state index is 12.4. The first-order valence-electron chi connectivity index (χ1n) is 7.72. The van der Waals surface area contributed by atoms with Crippen molar-refractivity contribution < 1.29 is 14.3 Å². The van der Waals surface area contributed by atoms with Crippen molar-refractivity contribution in [2.75, 3.05) is 7.05 Å². The van der Waals surface area contributed by atoms with E-state index in [0.29, 0.717) is 0 Å². The Morgan fingerprint density at radius 2 is 1.91 bits per heavy atom. The highest BCUT2D eigenvalue weighted by Gasteiger charge is 2.39. The molecule has 1 aromatic heterocycles. The molecule has 1 aliphatic rings. The van der Waals surface area contributed by atoms with Crippen molar-refractivity contribution in [2.24, 2.45) is 0 Å². The second-order valence-corrected chi connectivity index (χ2v) is 8.03. The topological polar surface area (TPSA) is 46.6 Å². The number of fused-ring (bicyclic) bond motifs is 1. The maximum Gasteiger partial charge on any atom is 0.411 e. The van der Waals surface area contributed by atoms with E-state index < -0.39 is 17.2 Å². The van der Waals surface area contributed by atoms with E-state index in [-0.39, 0.29) is 0 Å². The molecule has 5 heteroatoms. The van der Waals surface area contributed by atoms with Crippen LogP contribution in [0.1, 0.15) is 56.5 Å². The van der Waals surface area contributed by atoms with Crippen LogP contribution in [0.4, 0.5) is 4.79 Å². The molecule has 4 nitrogen and oxygen atoms in total. The van der Waals surface area contributed by atoms with Gasteiger partial charge >= 0.3 is 6.09 Å². The van der Waals surface area contributed by atoms with E-state index in [2.05, 4.69) is 0 Å². The summed E-state index contributed by atoms with van der Waals surface area (Å²) >= 11 is 1.70.